The van der Waals surface area contributed by atoms with E-state index in [1.807, 2.05) is 24.3 Å². The van der Waals surface area contributed by atoms with Crippen LogP contribution < -0.4 is 11.1 Å². The zero-order valence-electron chi connectivity index (χ0n) is 16.5. The van der Waals surface area contributed by atoms with Gasteiger partial charge in [0.1, 0.15) is 0 Å². The second-order valence-corrected chi connectivity index (χ2v) is 6.66. The Kier molecular flexibility index (Phi) is 9.18. The van der Waals surface area contributed by atoms with E-state index in [2.05, 4.69) is 33.4 Å². The van der Waals surface area contributed by atoms with E-state index >= 15 is 0 Å². The first kappa shape index (κ1) is 21.6. The van der Waals surface area contributed by atoms with Gasteiger partial charge in [0.25, 0.3) is 0 Å². The molecule has 28 heavy (non-hydrogen) atoms. The summed E-state index contributed by atoms with van der Waals surface area (Å²) < 4.78 is 0. The smallest absolute Gasteiger partial charge is 0.220 e. The number of rotatable bonds is 10. The van der Waals surface area contributed by atoms with Crippen LogP contribution in [0.2, 0.25) is 0 Å². The van der Waals surface area contributed by atoms with E-state index in [0.717, 1.165) is 29.9 Å². The Morgan fingerprint density at radius 2 is 2.11 bits per heavy atom. The van der Waals surface area contributed by atoms with Crippen LogP contribution in [0.3, 0.4) is 0 Å². The number of aliphatic hydroxyl groups excluding tert-OH is 1. The number of allylic oxidation sites excluding steroid dienone is 1. The number of guanidine groups is 1. The molecule has 6 heteroatoms. The Hall–Kier alpha value is -2.70. The summed E-state index contributed by atoms with van der Waals surface area (Å²) in [4.78, 5) is 10.9. The van der Waals surface area contributed by atoms with Gasteiger partial charge in [0.2, 0.25) is 5.96 Å². The zero-order valence-corrected chi connectivity index (χ0v) is 16.5. The minimum atomic E-state index is -0.0220. The quantitative estimate of drug-likeness (QED) is 0.327. The molecule has 0 bridgehead atoms. The molecule has 0 saturated carbocycles. The highest BCUT2D eigenvalue weighted by Crippen LogP contribution is 2.23. The Labute approximate surface area is 170 Å². The van der Waals surface area contributed by atoms with Crippen LogP contribution in [-0.4, -0.2) is 55.0 Å². The Morgan fingerprint density at radius 1 is 1.32 bits per heavy atom. The van der Waals surface area contributed by atoms with Gasteiger partial charge in [0.05, 0.1) is 12.3 Å². The third-order valence-corrected chi connectivity index (χ3v) is 4.41. The van der Waals surface area contributed by atoms with Gasteiger partial charge >= 0.3 is 0 Å². The molecule has 0 atom stereocenters. The molecule has 0 aliphatic carbocycles. The molecule has 1 aromatic rings. The lowest BCUT2D eigenvalue weighted by atomic mass is 10.1. The molecule has 1 aromatic carbocycles. The molecule has 2 rings (SSSR count). The fraction of sp³-hybridized carbons (Fsp3) is 0.364. The summed E-state index contributed by atoms with van der Waals surface area (Å²) in [6.45, 7) is 12.0. The first-order valence-corrected chi connectivity index (χ1v) is 9.68. The van der Waals surface area contributed by atoms with Gasteiger partial charge in [-0.3, -0.25) is 0 Å². The first-order valence-electron chi connectivity index (χ1n) is 9.68. The maximum Gasteiger partial charge on any atom is 0.220 e. The number of nitrogens with two attached hydrogens (primary N) is 1. The Balaban J connectivity index is 0.00000420. The first-order chi connectivity index (χ1) is 13.6. The maximum absolute atomic E-state index is 9.07. The molecule has 0 radical (unpaired) electrons. The third kappa shape index (κ3) is 7.50. The van der Waals surface area contributed by atoms with Gasteiger partial charge in [-0.15, -0.1) is 6.58 Å². The maximum atomic E-state index is 9.07. The second kappa shape index (κ2) is 11.9. The van der Waals surface area contributed by atoms with Crippen molar-refractivity contribution in [3.05, 3.63) is 54.6 Å². The van der Waals surface area contributed by atoms with Crippen LogP contribution in [0.4, 0.5) is 5.69 Å². The standard InChI is InChI=1S/C22H31N5O.2H2/c1-3-4-9-25-22(23)26-21-16-19(8-7-14-28)15-20(17-21)18(2)24-10-13-27-11-5-6-12-27;;/h3,7-9,15-17,24,28H,1-2,4-6,10-14H2,(H2,23,26);2*1H/b8-7+,25-9+;;. The van der Waals surface area contributed by atoms with Crippen molar-refractivity contribution in [2.45, 2.75) is 19.3 Å². The lowest BCUT2D eigenvalue weighted by Gasteiger charge is -2.17. The molecule has 0 aromatic heterocycles. The molecule has 1 fully saturated rings. The number of nitrogens with zero attached hydrogens (tertiary/aromatic N) is 3. The number of hydrogen-bond acceptors (Lipinski definition) is 4. The molecule has 6 nitrogen and oxygen atoms in total. The summed E-state index contributed by atoms with van der Waals surface area (Å²) >= 11 is 0. The van der Waals surface area contributed by atoms with Crippen LogP contribution in [0.25, 0.3) is 11.8 Å². The van der Waals surface area contributed by atoms with Crippen LogP contribution in [0, 0.1) is 0 Å². The minimum absolute atomic E-state index is 0. The average Bonchev–Trinajstić information content (AvgIpc) is 3.19. The van der Waals surface area contributed by atoms with Gasteiger partial charge < -0.3 is 21.1 Å². The molecule has 1 aliphatic rings. The Bertz CT molecular complexity index is 756. The molecule has 1 aliphatic heterocycles. The van der Waals surface area contributed by atoms with Crippen molar-refractivity contribution >= 4 is 29.6 Å². The van der Waals surface area contributed by atoms with E-state index < -0.39 is 0 Å². The normalized spacial score (nSPS) is 15.5. The SMILES string of the molecule is C=CC/C=N/C(N)=Nc1cc(/C=C/CO)cc(C(=C)NCCN2CCCC2)c1.[HH].[HH]. The molecule has 1 heterocycles. The Morgan fingerprint density at radius 3 is 2.82 bits per heavy atom. The highest BCUT2D eigenvalue weighted by Gasteiger charge is 2.10. The summed E-state index contributed by atoms with van der Waals surface area (Å²) in [6.07, 6.45) is 10.2. The van der Waals surface area contributed by atoms with Crippen molar-refractivity contribution in [3.8, 4) is 0 Å². The number of likely N-dealkylation sites (tertiary alicyclic amines) is 1. The lowest BCUT2D eigenvalue weighted by Crippen LogP contribution is -2.29. The van der Waals surface area contributed by atoms with Crippen molar-refractivity contribution in [2.24, 2.45) is 15.7 Å². The minimum Gasteiger partial charge on any atom is -0.392 e. The predicted octanol–water partition coefficient (Wildman–Crippen LogP) is 3.43. The van der Waals surface area contributed by atoms with E-state index in [0.29, 0.717) is 12.1 Å². The summed E-state index contributed by atoms with van der Waals surface area (Å²) in [6, 6.07) is 5.83. The highest BCUT2D eigenvalue weighted by molar-refractivity contribution is 5.89. The predicted molar refractivity (Wildman–Crippen MR) is 124 cm³/mol. The molecule has 0 spiro atoms. The fourth-order valence-corrected chi connectivity index (χ4v) is 3.01. The van der Waals surface area contributed by atoms with E-state index in [1.165, 1.54) is 25.9 Å². The summed E-state index contributed by atoms with van der Waals surface area (Å²) in [5.41, 5.74) is 9.26. The van der Waals surface area contributed by atoms with Crippen molar-refractivity contribution in [2.75, 3.05) is 32.8 Å². The van der Waals surface area contributed by atoms with Gasteiger partial charge in [0, 0.05) is 34.3 Å². The number of benzene rings is 1. The van der Waals surface area contributed by atoms with E-state index in [1.54, 1.807) is 18.4 Å². The average molecular weight is 386 g/mol. The van der Waals surface area contributed by atoms with Crippen molar-refractivity contribution in [1.82, 2.24) is 10.2 Å². The zero-order chi connectivity index (χ0) is 20.2. The third-order valence-electron chi connectivity index (χ3n) is 4.41. The number of nitrogens with one attached hydrogen (secondary N) is 1. The number of aliphatic imine (C=N–C) groups is 2. The van der Waals surface area contributed by atoms with Gasteiger partial charge in [-0.25, -0.2) is 9.98 Å². The molecular weight excluding hydrogens is 350 g/mol. The van der Waals surface area contributed by atoms with Crippen molar-refractivity contribution in [3.63, 3.8) is 0 Å². The van der Waals surface area contributed by atoms with Crippen LogP contribution in [0.15, 0.2) is 53.5 Å². The van der Waals surface area contributed by atoms with E-state index in [9.17, 15) is 0 Å². The lowest BCUT2D eigenvalue weighted by molar-refractivity contribution is 0.343. The van der Waals surface area contributed by atoms with Gasteiger partial charge in [-0.05, 0) is 55.3 Å². The molecule has 4 N–H and O–H groups in total. The number of hydrogen-bond donors (Lipinski definition) is 3. The van der Waals surface area contributed by atoms with E-state index in [4.69, 9.17) is 10.8 Å². The van der Waals surface area contributed by atoms with Crippen LogP contribution >= 0.6 is 0 Å². The van der Waals surface area contributed by atoms with E-state index in [-0.39, 0.29) is 15.4 Å². The number of aliphatic hydroxyl groups is 1. The molecule has 0 unspecified atom stereocenters. The monoisotopic (exact) mass is 385 g/mol. The molecule has 154 valence electrons. The summed E-state index contributed by atoms with van der Waals surface area (Å²) in [5, 5.41) is 12.5. The van der Waals surface area contributed by atoms with Crippen LogP contribution in [0.5, 0.6) is 0 Å². The fourth-order valence-electron chi connectivity index (χ4n) is 3.01. The van der Waals surface area contributed by atoms with Crippen molar-refractivity contribution in [1.29, 1.82) is 0 Å². The largest absolute Gasteiger partial charge is 0.392 e. The van der Waals surface area contributed by atoms with Gasteiger partial charge in [-0.2, -0.15) is 0 Å². The van der Waals surface area contributed by atoms with Crippen LogP contribution in [0.1, 0.15) is 33.2 Å². The molecule has 1 saturated heterocycles. The van der Waals surface area contributed by atoms with Gasteiger partial charge in [0.15, 0.2) is 0 Å². The summed E-state index contributed by atoms with van der Waals surface area (Å²) in [5.74, 6) is 0.184. The second-order valence-electron chi connectivity index (χ2n) is 6.66. The highest BCUT2D eigenvalue weighted by atomic mass is 16.2. The summed E-state index contributed by atoms with van der Waals surface area (Å²) in [7, 11) is 0. The topological polar surface area (TPSA) is 86.2 Å². The molecular formula is C22H35N5O. The van der Waals surface area contributed by atoms with Crippen molar-refractivity contribution < 1.29 is 7.96 Å². The molecule has 0 amide bonds. The van der Waals surface area contributed by atoms with Crippen LogP contribution in [-0.2, 0) is 0 Å². The van der Waals surface area contributed by atoms with Gasteiger partial charge in [-0.1, -0.05) is 24.8 Å².